The van der Waals surface area contributed by atoms with Crippen LogP contribution in [0, 0.1) is 10.7 Å². The molecule has 2 heterocycles. The van der Waals surface area contributed by atoms with Crippen molar-refractivity contribution < 1.29 is 28.9 Å². The number of ketones is 1. The maximum absolute atomic E-state index is 13.6. The lowest BCUT2D eigenvalue weighted by atomic mass is 9.99. The van der Waals surface area contributed by atoms with Crippen LogP contribution < -0.4 is 5.69 Å². The zero-order valence-electron chi connectivity index (χ0n) is 11.0. The van der Waals surface area contributed by atoms with E-state index in [-0.39, 0.29) is 10.9 Å². The Morgan fingerprint density at radius 3 is 2.68 bits per heavy atom. The Hall–Kier alpha value is -2.37. The van der Waals surface area contributed by atoms with Gasteiger partial charge in [-0.3, -0.25) is 9.36 Å². The molecule has 0 radical (unpaired) electrons. The molecule has 1 aromatic heterocycles. The van der Waals surface area contributed by atoms with Crippen molar-refractivity contribution in [2.45, 2.75) is 31.0 Å². The van der Waals surface area contributed by atoms with Crippen LogP contribution in [0.15, 0.2) is 16.2 Å². The number of carbonyl (C=O) groups excluding carboxylic acids is 2. The van der Waals surface area contributed by atoms with Crippen LogP contribution in [0.4, 0.5) is 10.2 Å². The highest BCUT2D eigenvalue weighted by Crippen LogP contribution is 2.35. The maximum atomic E-state index is 13.6. The van der Waals surface area contributed by atoms with E-state index in [0.717, 1.165) is 6.92 Å². The Morgan fingerprint density at radius 2 is 2.23 bits per heavy atom. The second-order valence-electron chi connectivity index (χ2n) is 4.56. The second-order valence-corrected chi connectivity index (χ2v) is 4.56. The molecule has 2 N–H and O–H groups in total. The van der Waals surface area contributed by atoms with E-state index in [1.165, 1.54) is 0 Å². The van der Waals surface area contributed by atoms with Crippen LogP contribution in [0.2, 0.25) is 0 Å². The summed E-state index contributed by atoms with van der Waals surface area (Å²) in [6.07, 6.45) is -4.96. The van der Waals surface area contributed by atoms with Crippen LogP contribution in [0.1, 0.15) is 6.92 Å². The van der Waals surface area contributed by atoms with E-state index in [0.29, 0.717) is 6.20 Å². The molecule has 1 saturated heterocycles. The molecule has 22 heavy (non-hydrogen) atoms. The molecule has 1 aromatic rings. The number of ether oxygens (including phenoxy) is 1. The average Bonchev–Trinajstić information content (AvgIpc) is 2.74. The summed E-state index contributed by atoms with van der Waals surface area (Å²) in [7, 11) is 0. The van der Waals surface area contributed by atoms with Crippen LogP contribution in [0.5, 0.6) is 0 Å². The van der Waals surface area contributed by atoms with E-state index in [4.69, 9.17) is 4.74 Å². The van der Waals surface area contributed by atoms with Crippen molar-refractivity contribution in [3.05, 3.63) is 27.4 Å². The highest BCUT2D eigenvalue weighted by molar-refractivity contribution is 5.84. The van der Waals surface area contributed by atoms with Crippen molar-refractivity contribution >= 4 is 17.9 Å². The third-order valence-corrected chi connectivity index (χ3v) is 3.32. The van der Waals surface area contributed by atoms with Crippen LogP contribution in [-0.4, -0.2) is 50.1 Å². The van der Waals surface area contributed by atoms with Gasteiger partial charge in [-0.2, -0.15) is 4.98 Å². The van der Waals surface area contributed by atoms with E-state index in [1.807, 2.05) is 0 Å². The highest BCUT2D eigenvalue weighted by Gasteiger charge is 2.59. The number of aromatic nitrogens is 2. The summed E-state index contributed by atoms with van der Waals surface area (Å²) in [5, 5.41) is 21.9. The van der Waals surface area contributed by atoms with Gasteiger partial charge in [0.1, 0.15) is 18.3 Å². The van der Waals surface area contributed by atoms with Gasteiger partial charge >= 0.3 is 5.69 Å². The molecule has 10 nitrogen and oxygen atoms in total. The average molecular weight is 315 g/mol. The van der Waals surface area contributed by atoms with Crippen LogP contribution in [0.3, 0.4) is 0 Å². The van der Waals surface area contributed by atoms with E-state index in [2.05, 4.69) is 10.2 Å². The van der Waals surface area contributed by atoms with Crippen molar-refractivity contribution in [3.63, 3.8) is 0 Å². The fourth-order valence-corrected chi connectivity index (χ4v) is 2.25. The molecule has 118 valence electrons. The number of aliphatic hydroxyl groups is 2. The molecule has 0 aliphatic carbocycles. The standard InChI is InChI=1S/C11H10FN3O7/c1-4(17)11(8(19)7(18)6(3-16)22-11)15-2-5(12)9(14-21)13-10(15)20/h2-3,6-8,18-19H,1H3/t6-,7-,8-,11-/m1/s1. The number of carbonyl (C=O) groups is 2. The molecule has 0 saturated carbocycles. The first-order valence-corrected chi connectivity index (χ1v) is 5.93. The Morgan fingerprint density at radius 1 is 1.59 bits per heavy atom. The Labute approximate surface area is 121 Å². The zero-order chi connectivity index (χ0) is 16.7. The fraction of sp³-hybridized carbons (Fsp3) is 0.455. The minimum atomic E-state index is -2.54. The Balaban J connectivity index is 2.72. The summed E-state index contributed by atoms with van der Waals surface area (Å²) in [5.74, 6) is -3.38. The maximum Gasteiger partial charge on any atom is 0.352 e. The minimum absolute atomic E-state index is 0.120. The quantitative estimate of drug-likeness (QED) is 0.495. The lowest BCUT2D eigenvalue weighted by molar-refractivity contribution is -0.171. The number of hydrogen-bond acceptors (Lipinski definition) is 9. The zero-order valence-corrected chi connectivity index (χ0v) is 11.0. The predicted octanol–water partition coefficient (Wildman–Crippen LogP) is -1.66. The number of aliphatic hydroxyl groups excluding tert-OH is 2. The molecule has 11 heteroatoms. The number of hydrogen-bond donors (Lipinski definition) is 2. The highest BCUT2D eigenvalue weighted by atomic mass is 19.1. The molecule has 1 fully saturated rings. The second kappa shape index (κ2) is 5.44. The monoisotopic (exact) mass is 315 g/mol. The summed E-state index contributed by atoms with van der Waals surface area (Å²) >= 11 is 0. The lowest BCUT2D eigenvalue weighted by Crippen LogP contribution is -2.55. The summed E-state index contributed by atoms with van der Waals surface area (Å²) in [6.45, 7) is 0.902. The first kappa shape index (κ1) is 16.0. The van der Waals surface area contributed by atoms with Gasteiger partial charge in [0.05, 0.1) is 6.20 Å². The molecule has 0 bridgehead atoms. The molecule has 0 aromatic carbocycles. The molecular weight excluding hydrogens is 305 g/mol. The van der Waals surface area contributed by atoms with Gasteiger partial charge in [-0.05, 0) is 12.1 Å². The van der Waals surface area contributed by atoms with Gasteiger partial charge in [-0.15, -0.1) is 4.91 Å². The van der Waals surface area contributed by atoms with Crippen LogP contribution in [0.25, 0.3) is 0 Å². The normalized spacial score (nSPS) is 31.0. The van der Waals surface area contributed by atoms with E-state index in [9.17, 15) is 33.9 Å². The largest absolute Gasteiger partial charge is 0.387 e. The van der Waals surface area contributed by atoms with Gasteiger partial charge < -0.3 is 19.7 Å². The molecule has 1 aliphatic heterocycles. The first-order valence-electron chi connectivity index (χ1n) is 5.93. The molecule has 2 rings (SSSR count). The van der Waals surface area contributed by atoms with Crippen LogP contribution >= 0.6 is 0 Å². The van der Waals surface area contributed by atoms with Gasteiger partial charge in [0.15, 0.2) is 17.9 Å². The van der Waals surface area contributed by atoms with Gasteiger partial charge in [0, 0.05) is 0 Å². The number of halogens is 1. The Bertz CT molecular complexity index is 705. The van der Waals surface area contributed by atoms with E-state index < -0.39 is 47.1 Å². The van der Waals surface area contributed by atoms with Crippen molar-refractivity contribution in [2.24, 2.45) is 5.18 Å². The molecule has 0 spiro atoms. The van der Waals surface area contributed by atoms with Gasteiger partial charge in [0.25, 0.3) is 0 Å². The number of aldehydes is 1. The predicted molar refractivity (Wildman–Crippen MR) is 65.5 cm³/mol. The number of Topliss-reactive ketones (excluding diaryl/α,β-unsaturated/α-hetero) is 1. The van der Waals surface area contributed by atoms with Crippen molar-refractivity contribution in [1.82, 2.24) is 9.55 Å². The molecule has 0 amide bonds. The summed E-state index contributed by atoms with van der Waals surface area (Å²) in [5.41, 5.74) is -3.87. The molecular formula is C11H10FN3O7. The lowest BCUT2D eigenvalue weighted by Gasteiger charge is -2.30. The number of nitrogens with zero attached hydrogens (tertiary/aromatic N) is 3. The third-order valence-electron chi connectivity index (χ3n) is 3.32. The molecule has 1 aliphatic rings. The third kappa shape index (κ3) is 2.06. The van der Waals surface area contributed by atoms with Gasteiger partial charge in [0.2, 0.25) is 11.5 Å². The van der Waals surface area contributed by atoms with Gasteiger partial charge in [-0.1, -0.05) is 0 Å². The summed E-state index contributed by atoms with van der Waals surface area (Å²) < 4.78 is 18.9. The van der Waals surface area contributed by atoms with Gasteiger partial charge in [-0.25, -0.2) is 9.18 Å². The molecule has 0 unspecified atom stereocenters. The number of nitroso groups, excluding NO2 is 1. The first-order chi connectivity index (χ1) is 10.3. The van der Waals surface area contributed by atoms with Crippen LogP contribution in [-0.2, 0) is 20.1 Å². The van der Waals surface area contributed by atoms with Crippen molar-refractivity contribution in [3.8, 4) is 0 Å². The SMILES string of the molecule is CC(=O)[C@@]1(n2cc(F)c(N=O)nc2=O)O[C@H](C=O)[C@@H](O)[C@H]1O. The summed E-state index contributed by atoms with van der Waals surface area (Å²) in [4.78, 5) is 47.9. The topological polar surface area (TPSA) is 148 Å². The minimum Gasteiger partial charge on any atom is -0.387 e. The summed E-state index contributed by atoms with van der Waals surface area (Å²) in [6, 6.07) is 0. The Kier molecular flexibility index (Phi) is 3.96. The fourth-order valence-electron chi connectivity index (χ4n) is 2.25. The smallest absolute Gasteiger partial charge is 0.352 e. The van der Waals surface area contributed by atoms with Crippen molar-refractivity contribution in [1.29, 1.82) is 0 Å². The van der Waals surface area contributed by atoms with E-state index in [1.54, 1.807) is 0 Å². The van der Waals surface area contributed by atoms with Crippen molar-refractivity contribution in [2.75, 3.05) is 0 Å². The van der Waals surface area contributed by atoms with E-state index >= 15 is 0 Å². The number of rotatable bonds is 4. The molecule has 4 atom stereocenters.